The fourth-order valence-electron chi connectivity index (χ4n) is 2.87. The van der Waals surface area contributed by atoms with E-state index in [1.165, 1.54) is 0 Å². The summed E-state index contributed by atoms with van der Waals surface area (Å²) in [5, 5.41) is 18.9. The predicted molar refractivity (Wildman–Crippen MR) is 63.1 cm³/mol. The highest BCUT2D eigenvalue weighted by Gasteiger charge is 2.39. The Bertz CT molecular complexity index is 287. The van der Waals surface area contributed by atoms with Gasteiger partial charge in [0.25, 0.3) is 0 Å². The van der Waals surface area contributed by atoms with Gasteiger partial charge in [-0.05, 0) is 25.2 Å². The molecule has 1 aliphatic carbocycles. The molecule has 0 aromatic rings. The summed E-state index contributed by atoms with van der Waals surface area (Å²) in [5.74, 6) is 0.386. The third kappa shape index (κ3) is 2.61. The topological polar surface area (TPSA) is 86.8 Å². The normalized spacial score (nSPS) is 42.8. The van der Waals surface area contributed by atoms with E-state index in [1.807, 2.05) is 0 Å². The lowest BCUT2D eigenvalue weighted by Crippen LogP contribution is -2.46. The first-order valence-corrected chi connectivity index (χ1v) is 6.39. The number of hydrogen-bond acceptors (Lipinski definition) is 4. The Morgan fingerprint density at radius 3 is 2.41 bits per heavy atom. The lowest BCUT2D eigenvalue weighted by atomic mass is 9.78. The number of amides is 1. The lowest BCUT2D eigenvalue weighted by molar-refractivity contribution is -0.137. The quantitative estimate of drug-likeness (QED) is 0.568. The Morgan fingerprint density at radius 2 is 1.82 bits per heavy atom. The van der Waals surface area contributed by atoms with Crippen LogP contribution < -0.4 is 5.73 Å². The van der Waals surface area contributed by atoms with Crippen LogP contribution in [0.3, 0.4) is 0 Å². The second-order valence-corrected chi connectivity index (χ2v) is 5.57. The fraction of sp³-hybridized carbons (Fsp3) is 0.917. The summed E-state index contributed by atoms with van der Waals surface area (Å²) in [6.07, 6.45) is 1.17. The Kier molecular flexibility index (Phi) is 3.70. The molecule has 2 rings (SSSR count). The van der Waals surface area contributed by atoms with Crippen molar-refractivity contribution in [1.29, 1.82) is 0 Å². The number of carbonyl (C=O) groups is 1. The molecule has 2 fully saturated rings. The molecule has 5 atom stereocenters. The van der Waals surface area contributed by atoms with E-state index in [0.29, 0.717) is 5.92 Å². The number of nitrogens with two attached hydrogens (primary N) is 1. The van der Waals surface area contributed by atoms with Gasteiger partial charge in [0.1, 0.15) is 0 Å². The van der Waals surface area contributed by atoms with Crippen molar-refractivity contribution >= 4 is 5.91 Å². The molecule has 1 heterocycles. The molecular formula is C12H22N2O3. The Labute approximate surface area is 102 Å². The maximum absolute atomic E-state index is 12.3. The maximum Gasteiger partial charge on any atom is 0.227 e. The predicted octanol–water partition coefficient (Wildman–Crippen LogP) is -0.686. The molecule has 5 heteroatoms. The zero-order valence-corrected chi connectivity index (χ0v) is 10.2. The van der Waals surface area contributed by atoms with Gasteiger partial charge >= 0.3 is 0 Å². The van der Waals surface area contributed by atoms with E-state index in [-0.39, 0.29) is 31.0 Å². The monoisotopic (exact) mass is 242 g/mol. The first-order chi connectivity index (χ1) is 7.99. The van der Waals surface area contributed by atoms with E-state index in [9.17, 15) is 15.0 Å². The van der Waals surface area contributed by atoms with Crippen LogP contribution >= 0.6 is 0 Å². The van der Waals surface area contributed by atoms with Gasteiger partial charge in [0.05, 0.1) is 18.1 Å². The zero-order valence-electron chi connectivity index (χ0n) is 10.2. The van der Waals surface area contributed by atoms with Gasteiger partial charge in [-0.15, -0.1) is 0 Å². The van der Waals surface area contributed by atoms with Gasteiger partial charge in [-0.2, -0.15) is 0 Å². The first kappa shape index (κ1) is 12.8. The van der Waals surface area contributed by atoms with Gasteiger partial charge in [0, 0.05) is 19.1 Å². The number of likely N-dealkylation sites (tertiary alicyclic amines) is 1. The number of hydrogen-bond donors (Lipinski definition) is 3. The number of rotatable bonds is 1. The van der Waals surface area contributed by atoms with Crippen LogP contribution in [0.5, 0.6) is 0 Å². The summed E-state index contributed by atoms with van der Waals surface area (Å²) in [4.78, 5) is 13.8. The minimum atomic E-state index is -0.809. The highest BCUT2D eigenvalue weighted by molar-refractivity contribution is 5.80. The summed E-state index contributed by atoms with van der Waals surface area (Å²) < 4.78 is 0. The van der Waals surface area contributed by atoms with Gasteiger partial charge in [0.15, 0.2) is 0 Å². The van der Waals surface area contributed by atoms with E-state index in [4.69, 9.17) is 5.73 Å². The van der Waals surface area contributed by atoms with Crippen molar-refractivity contribution in [2.24, 2.45) is 17.6 Å². The minimum absolute atomic E-state index is 0.000324. The Balaban J connectivity index is 1.99. The smallest absolute Gasteiger partial charge is 0.227 e. The molecule has 0 aromatic carbocycles. The number of aliphatic hydroxyl groups is 2. The van der Waals surface area contributed by atoms with E-state index < -0.39 is 12.2 Å². The van der Waals surface area contributed by atoms with E-state index >= 15 is 0 Å². The second-order valence-electron chi connectivity index (χ2n) is 5.57. The third-order valence-corrected chi connectivity index (χ3v) is 4.05. The standard InChI is InChI=1S/C12H22N2O3/c1-7-2-3-9(13)8(4-7)12(17)14-5-10(15)11(16)6-14/h7-11,15-16H,2-6,13H2,1H3. The van der Waals surface area contributed by atoms with Crippen LogP contribution in [-0.2, 0) is 4.79 Å². The van der Waals surface area contributed by atoms with Gasteiger partial charge in [-0.25, -0.2) is 0 Å². The number of aliphatic hydroxyl groups excluding tert-OH is 2. The fourth-order valence-corrected chi connectivity index (χ4v) is 2.87. The molecule has 5 unspecified atom stereocenters. The van der Waals surface area contributed by atoms with Crippen molar-refractivity contribution in [3.63, 3.8) is 0 Å². The van der Waals surface area contributed by atoms with Crippen molar-refractivity contribution in [3.8, 4) is 0 Å². The van der Waals surface area contributed by atoms with Crippen LogP contribution in [0.15, 0.2) is 0 Å². The molecule has 5 nitrogen and oxygen atoms in total. The van der Waals surface area contributed by atoms with Crippen LogP contribution in [0.2, 0.25) is 0 Å². The SMILES string of the molecule is CC1CCC(N)C(C(=O)N2CC(O)C(O)C2)C1. The van der Waals surface area contributed by atoms with Crippen LogP contribution in [0.4, 0.5) is 0 Å². The van der Waals surface area contributed by atoms with Gasteiger partial charge in [-0.3, -0.25) is 4.79 Å². The summed E-state index contributed by atoms with van der Waals surface area (Å²) in [6, 6.07) is -0.0754. The highest BCUT2D eigenvalue weighted by Crippen LogP contribution is 2.30. The summed E-state index contributed by atoms with van der Waals surface area (Å²) >= 11 is 0. The van der Waals surface area contributed by atoms with Crippen molar-refractivity contribution in [2.45, 2.75) is 44.4 Å². The number of carbonyl (C=O) groups excluding carboxylic acids is 1. The van der Waals surface area contributed by atoms with Crippen LogP contribution in [0.25, 0.3) is 0 Å². The van der Waals surface area contributed by atoms with E-state index in [2.05, 4.69) is 6.92 Å². The van der Waals surface area contributed by atoms with Crippen LogP contribution in [-0.4, -0.2) is 52.4 Å². The Hall–Kier alpha value is -0.650. The van der Waals surface area contributed by atoms with Crippen LogP contribution in [0.1, 0.15) is 26.2 Å². The van der Waals surface area contributed by atoms with E-state index in [0.717, 1.165) is 19.3 Å². The summed E-state index contributed by atoms with van der Waals surface area (Å²) in [6.45, 7) is 2.61. The molecule has 98 valence electrons. The molecule has 0 aromatic heterocycles. The van der Waals surface area contributed by atoms with Crippen molar-refractivity contribution in [2.75, 3.05) is 13.1 Å². The Morgan fingerprint density at radius 1 is 1.24 bits per heavy atom. The van der Waals surface area contributed by atoms with Gasteiger partial charge in [0.2, 0.25) is 5.91 Å². The average Bonchev–Trinajstić information content (AvgIpc) is 2.62. The highest BCUT2D eigenvalue weighted by atomic mass is 16.3. The van der Waals surface area contributed by atoms with Crippen LogP contribution in [0, 0.1) is 11.8 Å². The molecule has 1 aliphatic heterocycles. The minimum Gasteiger partial charge on any atom is -0.388 e. The molecule has 1 saturated carbocycles. The largest absolute Gasteiger partial charge is 0.388 e. The lowest BCUT2D eigenvalue weighted by Gasteiger charge is -2.33. The molecule has 1 saturated heterocycles. The van der Waals surface area contributed by atoms with Gasteiger partial charge < -0.3 is 20.8 Å². The summed E-state index contributed by atoms with van der Waals surface area (Å²) in [5.41, 5.74) is 6.01. The molecule has 0 radical (unpaired) electrons. The van der Waals surface area contributed by atoms with Crippen molar-refractivity contribution in [3.05, 3.63) is 0 Å². The molecule has 2 aliphatic rings. The number of β-amino-alcohol motifs (C(OH)–C–C–N with tert-alkyl or cyclic N) is 2. The molecule has 0 bridgehead atoms. The van der Waals surface area contributed by atoms with Gasteiger partial charge in [-0.1, -0.05) is 6.92 Å². The molecule has 0 spiro atoms. The van der Waals surface area contributed by atoms with Crippen molar-refractivity contribution < 1.29 is 15.0 Å². The average molecular weight is 242 g/mol. The summed E-state index contributed by atoms with van der Waals surface area (Å²) in [7, 11) is 0. The first-order valence-electron chi connectivity index (χ1n) is 6.39. The molecule has 17 heavy (non-hydrogen) atoms. The number of nitrogens with zero attached hydrogens (tertiary/aromatic N) is 1. The zero-order chi connectivity index (χ0) is 12.6. The second kappa shape index (κ2) is 4.92. The van der Waals surface area contributed by atoms with Crippen molar-refractivity contribution in [1.82, 2.24) is 4.90 Å². The molecule has 1 amide bonds. The van der Waals surface area contributed by atoms with E-state index in [1.54, 1.807) is 4.90 Å². The molecule has 4 N–H and O–H groups in total. The maximum atomic E-state index is 12.3. The molecular weight excluding hydrogens is 220 g/mol. The third-order valence-electron chi connectivity index (χ3n) is 4.05.